The summed E-state index contributed by atoms with van der Waals surface area (Å²) >= 11 is 3.31. The molecule has 0 spiro atoms. The lowest BCUT2D eigenvalue weighted by Gasteiger charge is -2.07. The zero-order valence-corrected chi connectivity index (χ0v) is 9.24. The van der Waals surface area contributed by atoms with E-state index in [1.807, 2.05) is 0 Å². The van der Waals surface area contributed by atoms with Crippen molar-refractivity contribution in [3.05, 3.63) is 52.5 Å². The molecule has 76 valence electrons. The predicted molar refractivity (Wildman–Crippen MR) is 58.8 cm³/mol. The van der Waals surface area contributed by atoms with Crippen LogP contribution in [0.3, 0.4) is 0 Å². The largest absolute Gasteiger partial charge is 0.313 e. The van der Waals surface area contributed by atoms with Crippen LogP contribution < -0.4 is 0 Å². The molecule has 0 radical (unpaired) electrons. The summed E-state index contributed by atoms with van der Waals surface area (Å²) in [5.41, 5.74) is 1.10. The van der Waals surface area contributed by atoms with Gasteiger partial charge in [0.25, 0.3) is 0 Å². The molecule has 2 aromatic rings. The van der Waals surface area contributed by atoms with E-state index >= 15 is 0 Å². The van der Waals surface area contributed by atoms with Crippen LogP contribution in [0.2, 0.25) is 0 Å². The molecule has 4 heteroatoms. The van der Waals surface area contributed by atoms with Gasteiger partial charge in [0.05, 0.1) is 11.4 Å². The quantitative estimate of drug-likeness (QED) is 0.766. The lowest BCUT2D eigenvalue weighted by Crippen LogP contribution is -1.98. The van der Waals surface area contributed by atoms with Crippen molar-refractivity contribution >= 4 is 22.2 Å². The first-order chi connectivity index (χ1) is 7.22. The third-order valence-corrected chi connectivity index (χ3v) is 2.74. The number of carbonyl (C=O) groups is 1. The van der Waals surface area contributed by atoms with Gasteiger partial charge in [-0.25, -0.2) is 4.39 Å². The normalized spacial score (nSPS) is 10.3. The third kappa shape index (κ3) is 1.85. The van der Waals surface area contributed by atoms with Gasteiger partial charge < -0.3 is 4.57 Å². The maximum Gasteiger partial charge on any atom is 0.166 e. The predicted octanol–water partition coefficient (Wildman–Crippen LogP) is 3.19. The monoisotopic (exact) mass is 267 g/mol. The molecule has 0 fully saturated rings. The maximum atomic E-state index is 13.1. The molecule has 0 saturated carbocycles. The van der Waals surface area contributed by atoms with Crippen LogP contribution in [0.1, 0.15) is 10.5 Å². The van der Waals surface area contributed by atoms with Crippen molar-refractivity contribution < 1.29 is 9.18 Å². The minimum atomic E-state index is -0.334. The Hall–Kier alpha value is -1.42. The summed E-state index contributed by atoms with van der Waals surface area (Å²) in [5, 5.41) is 0. The number of rotatable bonds is 2. The van der Waals surface area contributed by atoms with E-state index < -0.39 is 0 Å². The van der Waals surface area contributed by atoms with Crippen LogP contribution in [0.5, 0.6) is 0 Å². The molecule has 1 heterocycles. The number of benzene rings is 1. The molecular weight excluding hydrogens is 261 g/mol. The van der Waals surface area contributed by atoms with Gasteiger partial charge >= 0.3 is 0 Å². The van der Waals surface area contributed by atoms with Crippen LogP contribution in [0.4, 0.5) is 4.39 Å². The number of carbonyl (C=O) groups excluding carboxylic acids is 1. The average Bonchev–Trinajstić information content (AvgIpc) is 2.69. The minimum Gasteiger partial charge on any atom is -0.313 e. The fraction of sp³-hybridized carbons (Fsp3) is 0. The highest BCUT2D eigenvalue weighted by molar-refractivity contribution is 9.10. The molecule has 0 aliphatic rings. The second-order valence-electron chi connectivity index (χ2n) is 3.02. The molecule has 0 atom stereocenters. The molecule has 1 aromatic carbocycles. The van der Waals surface area contributed by atoms with Gasteiger partial charge in [0.2, 0.25) is 0 Å². The highest BCUT2D eigenvalue weighted by atomic mass is 79.9. The second kappa shape index (κ2) is 3.98. The molecule has 0 N–H and O–H groups in total. The third-order valence-electron chi connectivity index (χ3n) is 2.07. The van der Waals surface area contributed by atoms with Gasteiger partial charge in [0.15, 0.2) is 6.29 Å². The van der Waals surface area contributed by atoms with Gasteiger partial charge in [-0.1, -0.05) is 0 Å². The SMILES string of the molecule is O=Cc1cccn1-c1cc(F)ccc1Br. The van der Waals surface area contributed by atoms with Crippen molar-refractivity contribution in [3.63, 3.8) is 0 Å². The van der Waals surface area contributed by atoms with Gasteiger partial charge in [-0.3, -0.25) is 4.79 Å². The topological polar surface area (TPSA) is 22.0 Å². The fourth-order valence-electron chi connectivity index (χ4n) is 1.38. The highest BCUT2D eigenvalue weighted by Gasteiger charge is 2.06. The van der Waals surface area contributed by atoms with Crippen molar-refractivity contribution in [2.45, 2.75) is 0 Å². The summed E-state index contributed by atoms with van der Waals surface area (Å²) in [6, 6.07) is 7.75. The number of hydrogen-bond donors (Lipinski definition) is 0. The van der Waals surface area contributed by atoms with E-state index in [0.29, 0.717) is 11.4 Å². The summed E-state index contributed by atoms with van der Waals surface area (Å²) < 4.78 is 15.4. The van der Waals surface area contributed by atoms with Crippen molar-refractivity contribution in [3.8, 4) is 5.69 Å². The van der Waals surface area contributed by atoms with Crippen molar-refractivity contribution in [2.75, 3.05) is 0 Å². The Morgan fingerprint density at radius 2 is 2.13 bits per heavy atom. The van der Waals surface area contributed by atoms with Crippen molar-refractivity contribution in [1.29, 1.82) is 0 Å². The number of nitrogens with zero attached hydrogens (tertiary/aromatic N) is 1. The summed E-state index contributed by atoms with van der Waals surface area (Å²) in [6.07, 6.45) is 2.45. The van der Waals surface area contributed by atoms with Crippen LogP contribution in [-0.2, 0) is 0 Å². The maximum absolute atomic E-state index is 13.1. The highest BCUT2D eigenvalue weighted by Crippen LogP contribution is 2.23. The number of aldehydes is 1. The molecule has 0 unspecified atom stereocenters. The Labute approximate surface area is 94.5 Å². The molecule has 0 aliphatic heterocycles. The van der Waals surface area contributed by atoms with Gasteiger partial charge in [0.1, 0.15) is 5.82 Å². The van der Waals surface area contributed by atoms with E-state index in [4.69, 9.17) is 0 Å². The first-order valence-electron chi connectivity index (χ1n) is 4.30. The number of hydrogen-bond acceptors (Lipinski definition) is 1. The van der Waals surface area contributed by atoms with Crippen LogP contribution in [0.25, 0.3) is 5.69 Å². The molecule has 15 heavy (non-hydrogen) atoms. The van der Waals surface area contributed by atoms with E-state index in [2.05, 4.69) is 15.9 Å². The summed E-state index contributed by atoms with van der Waals surface area (Å²) in [7, 11) is 0. The molecular formula is C11H7BrFNO. The van der Waals surface area contributed by atoms with Gasteiger partial charge in [-0.2, -0.15) is 0 Å². The zero-order valence-electron chi connectivity index (χ0n) is 7.65. The Kier molecular flexibility index (Phi) is 2.68. The lowest BCUT2D eigenvalue weighted by atomic mass is 10.3. The van der Waals surface area contributed by atoms with Gasteiger partial charge in [-0.15, -0.1) is 0 Å². The number of halogens is 2. The minimum absolute atomic E-state index is 0.334. The molecule has 0 aliphatic carbocycles. The van der Waals surface area contributed by atoms with E-state index in [1.165, 1.54) is 12.1 Å². The lowest BCUT2D eigenvalue weighted by molar-refractivity contribution is 0.111. The summed E-state index contributed by atoms with van der Waals surface area (Å²) in [4.78, 5) is 10.7. The number of aromatic nitrogens is 1. The first-order valence-corrected chi connectivity index (χ1v) is 5.09. The van der Waals surface area contributed by atoms with Crippen LogP contribution >= 0.6 is 15.9 Å². The fourth-order valence-corrected chi connectivity index (χ4v) is 1.82. The van der Waals surface area contributed by atoms with E-state index in [1.54, 1.807) is 29.0 Å². The Morgan fingerprint density at radius 1 is 1.33 bits per heavy atom. The Morgan fingerprint density at radius 3 is 2.87 bits per heavy atom. The standard InChI is InChI=1S/C11H7BrFNO/c12-10-4-3-8(13)6-11(10)14-5-1-2-9(14)7-15/h1-7H. The zero-order chi connectivity index (χ0) is 10.8. The second-order valence-corrected chi connectivity index (χ2v) is 3.87. The molecule has 0 saturated heterocycles. The smallest absolute Gasteiger partial charge is 0.166 e. The molecule has 1 aromatic heterocycles. The van der Waals surface area contributed by atoms with Gasteiger partial charge in [0, 0.05) is 10.7 Å². The summed E-state index contributed by atoms with van der Waals surface area (Å²) in [5.74, 6) is -0.334. The molecule has 2 rings (SSSR count). The molecule has 0 amide bonds. The Balaban J connectivity index is 2.62. The van der Waals surface area contributed by atoms with Crippen LogP contribution in [-0.4, -0.2) is 10.9 Å². The van der Waals surface area contributed by atoms with Crippen molar-refractivity contribution in [1.82, 2.24) is 4.57 Å². The summed E-state index contributed by atoms with van der Waals surface area (Å²) in [6.45, 7) is 0. The van der Waals surface area contributed by atoms with E-state index in [-0.39, 0.29) is 5.82 Å². The average molecular weight is 268 g/mol. The van der Waals surface area contributed by atoms with Crippen LogP contribution in [0.15, 0.2) is 41.0 Å². The van der Waals surface area contributed by atoms with E-state index in [0.717, 1.165) is 10.8 Å². The van der Waals surface area contributed by atoms with Gasteiger partial charge in [-0.05, 0) is 46.3 Å². The van der Waals surface area contributed by atoms with Crippen molar-refractivity contribution in [2.24, 2.45) is 0 Å². The van der Waals surface area contributed by atoms with E-state index in [9.17, 15) is 9.18 Å². The molecule has 0 bridgehead atoms. The first kappa shape index (κ1) is 10.1. The van der Waals surface area contributed by atoms with Crippen LogP contribution in [0, 0.1) is 5.82 Å². The Bertz CT molecular complexity index is 507. The molecule has 2 nitrogen and oxygen atoms in total.